The van der Waals surface area contributed by atoms with E-state index in [9.17, 15) is 4.79 Å². The Morgan fingerprint density at radius 1 is 0.588 bits per heavy atom. The molecule has 0 aliphatic carbocycles. The largest absolute Gasteiger partial charge is 0.478 e. The maximum Gasteiger partial charge on any atom is 0.335 e. The van der Waals surface area contributed by atoms with Crippen LogP contribution in [0.3, 0.4) is 0 Å². The van der Waals surface area contributed by atoms with Crippen molar-refractivity contribution in [2.45, 2.75) is 142 Å². The van der Waals surface area contributed by atoms with Crippen molar-refractivity contribution in [3.63, 3.8) is 0 Å². The number of rotatable bonds is 25. The van der Waals surface area contributed by atoms with Crippen LogP contribution < -0.4 is 0 Å². The Bertz CT molecular complexity index is 567. The van der Waals surface area contributed by atoms with Crippen molar-refractivity contribution in [3.8, 4) is 0 Å². The van der Waals surface area contributed by atoms with Crippen molar-refractivity contribution in [1.29, 1.82) is 0 Å². The molecule has 0 heterocycles. The topological polar surface area (TPSA) is 46.5 Å². The third kappa shape index (κ3) is 19.0. The molecule has 1 aromatic carbocycles. The standard InChI is InChI=1S/C31H54O3/c1-2-3-4-5-6-7-11-14-17-20-27-34-28-21-18-15-12-9-8-10-13-16-19-22-29-23-25-30(26-24-29)31(32)33/h23-26H,2-22,27-28H2,1H3,(H,32,33). The molecule has 0 bridgehead atoms. The second kappa shape index (κ2) is 23.4. The van der Waals surface area contributed by atoms with Gasteiger partial charge in [-0.3, -0.25) is 0 Å². The summed E-state index contributed by atoms with van der Waals surface area (Å²) in [6.45, 7) is 4.20. The number of aryl methyl sites for hydroxylation is 1. The second-order valence-electron chi connectivity index (χ2n) is 10.1. The molecule has 0 saturated carbocycles. The van der Waals surface area contributed by atoms with Crippen LogP contribution in [0.25, 0.3) is 0 Å². The summed E-state index contributed by atoms with van der Waals surface area (Å²) < 4.78 is 5.81. The molecule has 0 aliphatic heterocycles. The van der Waals surface area contributed by atoms with Crippen molar-refractivity contribution in [1.82, 2.24) is 0 Å². The van der Waals surface area contributed by atoms with Crippen LogP contribution in [0.15, 0.2) is 24.3 Å². The predicted molar refractivity (Wildman–Crippen MR) is 146 cm³/mol. The summed E-state index contributed by atoms with van der Waals surface area (Å²) in [6.07, 6.45) is 28.1. The Morgan fingerprint density at radius 3 is 1.38 bits per heavy atom. The van der Waals surface area contributed by atoms with Crippen molar-refractivity contribution < 1.29 is 14.6 Å². The monoisotopic (exact) mass is 474 g/mol. The summed E-state index contributed by atoms with van der Waals surface area (Å²) in [5.41, 5.74) is 1.62. The predicted octanol–water partition coefficient (Wildman–Crippen LogP) is 9.77. The van der Waals surface area contributed by atoms with Gasteiger partial charge >= 0.3 is 5.97 Å². The van der Waals surface area contributed by atoms with Gasteiger partial charge in [-0.05, 0) is 43.4 Å². The normalized spacial score (nSPS) is 11.2. The summed E-state index contributed by atoms with van der Waals surface area (Å²) in [5, 5.41) is 8.94. The third-order valence-electron chi connectivity index (χ3n) is 6.85. The summed E-state index contributed by atoms with van der Waals surface area (Å²) in [5.74, 6) is -0.848. The van der Waals surface area contributed by atoms with Crippen LogP contribution in [0.4, 0.5) is 0 Å². The van der Waals surface area contributed by atoms with E-state index in [0.717, 1.165) is 19.6 Å². The van der Waals surface area contributed by atoms with Crippen LogP contribution >= 0.6 is 0 Å². The van der Waals surface area contributed by atoms with Crippen LogP contribution in [0.1, 0.15) is 151 Å². The fourth-order valence-electron chi connectivity index (χ4n) is 4.56. The highest BCUT2D eigenvalue weighted by atomic mass is 16.5. The van der Waals surface area contributed by atoms with E-state index in [0.29, 0.717) is 5.56 Å². The van der Waals surface area contributed by atoms with Gasteiger partial charge in [0, 0.05) is 13.2 Å². The number of aromatic carboxylic acids is 1. The first kappa shape index (κ1) is 30.7. The molecule has 0 spiro atoms. The molecule has 34 heavy (non-hydrogen) atoms. The van der Waals surface area contributed by atoms with Gasteiger partial charge in [-0.1, -0.05) is 128 Å². The minimum absolute atomic E-state index is 0.376. The molecule has 1 N–H and O–H groups in total. The van der Waals surface area contributed by atoms with Gasteiger partial charge in [0.2, 0.25) is 0 Å². The molecular formula is C31H54O3. The smallest absolute Gasteiger partial charge is 0.335 e. The third-order valence-corrected chi connectivity index (χ3v) is 6.85. The molecule has 0 unspecified atom stereocenters. The molecule has 0 fully saturated rings. The Balaban J connectivity index is 1.71. The first-order valence-corrected chi connectivity index (χ1v) is 14.6. The fraction of sp³-hybridized carbons (Fsp3) is 0.774. The minimum atomic E-state index is -0.848. The van der Waals surface area contributed by atoms with Crippen LogP contribution in [0.5, 0.6) is 0 Å². The second-order valence-corrected chi connectivity index (χ2v) is 10.1. The molecule has 0 amide bonds. The van der Waals surface area contributed by atoms with E-state index in [-0.39, 0.29) is 0 Å². The number of carbonyl (C=O) groups is 1. The van der Waals surface area contributed by atoms with E-state index in [1.165, 1.54) is 134 Å². The Kier molecular flexibility index (Phi) is 21.1. The molecule has 196 valence electrons. The fourth-order valence-corrected chi connectivity index (χ4v) is 4.56. The quantitative estimate of drug-likeness (QED) is 0.143. The van der Waals surface area contributed by atoms with Crippen molar-refractivity contribution in [2.24, 2.45) is 0 Å². The van der Waals surface area contributed by atoms with Gasteiger partial charge < -0.3 is 9.84 Å². The van der Waals surface area contributed by atoms with Crippen molar-refractivity contribution in [2.75, 3.05) is 13.2 Å². The maximum absolute atomic E-state index is 10.9. The van der Waals surface area contributed by atoms with Crippen molar-refractivity contribution in [3.05, 3.63) is 35.4 Å². The molecule has 1 aromatic rings. The van der Waals surface area contributed by atoms with E-state index in [4.69, 9.17) is 9.84 Å². The van der Waals surface area contributed by atoms with Gasteiger partial charge in [0.05, 0.1) is 5.56 Å². The molecule has 0 saturated heterocycles. The average Bonchev–Trinajstić information content (AvgIpc) is 2.84. The minimum Gasteiger partial charge on any atom is -0.478 e. The van der Waals surface area contributed by atoms with E-state index >= 15 is 0 Å². The SMILES string of the molecule is CCCCCCCCCCCCOCCCCCCCCCCCCc1ccc(C(=O)O)cc1. The van der Waals surface area contributed by atoms with E-state index in [2.05, 4.69) is 6.92 Å². The Hall–Kier alpha value is -1.35. The van der Waals surface area contributed by atoms with Crippen LogP contribution in [-0.4, -0.2) is 24.3 Å². The highest BCUT2D eigenvalue weighted by molar-refractivity contribution is 5.87. The lowest BCUT2D eigenvalue weighted by molar-refractivity contribution is 0.0697. The molecular weight excluding hydrogens is 420 g/mol. The lowest BCUT2D eigenvalue weighted by atomic mass is 10.0. The van der Waals surface area contributed by atoms with Crippen LogP contribution in [-0.2, 0) is 11.2 Å². The number of ether oxygens (including phenoxy) is 1. The number of carboxylic acids is 1. The Labute approximate surface area is 211 Å². The Morgan fingerprint density at radius 2 is 0.971 bits per heavy atom. The number of carboxylic acid groups (broad SMARTS) is 1. The van der Waals surface area contributed by atoms with E-state index in [1.54, 1.807) is 12.1 Å². The molecule has 0 radical (unpaired) electrons. The average molecular weight is 475 g/mol. The number of hydrogen-bond acceptors (Lipinski definition) is 2. The van der Waals surface area contributed by atoms with E-state index < -0.39 is 5.97 Å². The first-order valence-electron chi connectivity index (χ1n) is 14.6. The van der Waals surface area contributed by atoms with Crippen LogP contribution in [0.2, 0.25) is 0 Å². The molecule has 3 nitrogen and oxygen atoms in total. The van der Waals surface area contributed by atoms with Gasteiger partial charge in [0.15, 0.2) is 0 Å². The van der Waals surface area contributed by atoms with E-state index in [1.807, 2.05) is 12.1 Å². The van der Waals surface area contributed by atoms with Gasteiger partial charge in [0.1, 0.15) is 0 Å². The molecule has 1 rings (SSSR count). The number of unbranched alkanes of at least 4 members (excludes halogenated alkanes) is 18. The van der Waals surface area contributed by atoms with Gasteiger partial charge in [-0.15, -0.1) is 0 Å². The molecule has 3 heteroatoms. The zero-order valence-electron chi connectivity index (χ0n) is 22.3. The van der Waals surface area contributed by atoms with Gasteiger partial charge in [0.25, 0.3) is 0 Å². The molecule has 0 atom stereocenters. The lowest BCUT2D eigenvalue weighted by Crippen LogP contribution is -1.97. The molecule has 0 aliphatic rings. The summed E-state index contributed by atoms with van der Waals surface area (Å²) in [7, 11) is 0. The maximum atomic E-state index is 10.9. The van der Waals surface area contributed by atoms with Crippen LogP contribution in [0, 0.1) is 0 Å². The first-order chi connectivity index (χ1) is 16.7. The number of benzene rings is 1. The van der Waals surface area contributed by atoms with Crippen molar-refractivity contribution >= 4 is 5.97 Å². The zero-order chi connectivity index (χ0) is 24.5. The lowest BCUT2D eigenvalue weighted by Gasteiger charge is -2.05. The summed E-state index contributed by atoms with van der Waals surface area (Å²) in [6, 6.07) is 7.32. The van der Waals surface area contributed by atoms with Gasteiger partial charge in [-0.2, -0.15) is 0 Å². The summed E-state index contributed by atoms with van der Waals surface area (Å²) >= 11 is 0. The number of hydrogen-bond donors (Lipinski definition) is 1. The highest BCUT2D eigenvalue weighted by Gasteiger charge is 2.01. The summed E-state index contributed by atoms with van der Waals surface area (Å²) in [4.78, 5) is 10.9. The van der Waals surface area contributed by atoms with Gasteiger partial charge in [-0.25, -0.2) is 4.79 Å². The highest BCUT2D eigenvalue weighted by Crippen LogP contribution is 2.14. The molecule has 0 aromatic heterocycles. The zero-order valence-corrected chi connectivity index (χ0v) is 22.3.